The molecule has 0 fully saturated rings. The number of benzene rings is 9. The summed E-state index contributed by atoms with van der Waals surface area (Å²) in [5, 5.41) is 7.39. The molecule has 0 aliphatic heterocycles. The summed E-state index contributed by atoms with van der Waals surface area (Å²) in [6, 6.07) is 76.5. The summed E-state index contributed by atoms with van der Waals surface area (Å²) in [6.07, 6.45) is 0. The van der Waals surface area contributed by atoms with Crippen molar-refractivity contribution in [2.45, 2.75) is 13.8 Å². The van der Waals surface area contributed by atoms with Crippen molar-refractivity contribution in [3.63, 3.8) is 0 Å². The summed E-state index contributed by atoms with van der Waals surface area (Å²) >= 11 is 0. The molecule has 0 amide bonds. The molecule has 65 heavy (non-hydrogen) atoms. The Morgan fingerprint density at radius 3 is 1.22 bits per heavy atom. The molecule has 5 nitrogen and oxygen atoms in total. The third-order valence-corrected chi connectivity index (χ3v) is 13.3. The lowest BCUT2D eigenvalue weighted by Crippen LogP contribution is -2.01. The predicted molar refractivity (Wildman–Crippen MR) is 271 cm³/mol. The van der Waals surface area contributed by atoms with Crippen molar-refractivity contribution in [2.24, 2.45) is 0 Å². The van der Waals surface area contributed by atoms with Crippen LogP contribution in [0.15, 0.2) is 212 Å². The summed E-state index contributed by atoms with van der Waals surface area (Å²) in [5.41, 5.74) is 17.7. The van der Waals surface area contributed by atoms with E-state index in [0.29, 0.717) is 5.82 Å². The van der Waals surface area contributed by atoms with E-state index < -0.39 is 0 Å². The lowest BCUT2D eigenvalue weighted by Gasteiger charge is -2.17. The van der Waals surface area contributed by atoms with Crippen LogP contribution in [0.3, 0.4) is 0 Å². The van der Waals surface area contributed by atoms with Gasteiger partial charge in [0.05, 0.1) is 44.5 Å². The standard InChI is InChI=1S/C60H41N5/c1-38-34-59(39(2)33-48(38)52-37-51(40-17-5-3-6-18-40)61-60(62-52)41-19-7-4-8-20-41)65-57-31-29-42(63-53-25-13-9-21-44(53)45-22-10-14-26-54(45)63)35-49(57)50-36-43(30-32-58(50)65)64-55-27-15-11-23-46(55)47-24-12-16-28-56(47)64/h3-37H,1-2H3. The molecule has 0 saturated heterocycles. The van der Waals surface area contributed by atoms with Gasteiger partial charge in [0, 0.05) is 66.1 Å². The third kappa shape index (κ3) is 5.79. The smallest absolute Gasteiger partial charge is 0.160 e. The summed E-state index contributed by atoms with van der Waals surface area (Å²) < 4.78 is 7.31. The maximum absolute atomic E-state index is 5.23. The molecule has 13 aromatic rings. The van der Waals surface area contributed by atoms with Gasteiger partial charge in [0.15, 0.2) is 5.82 Å². The molecule has 0 unspecified atom stereocenters. The van der Waals surface area contributed by atoms with Crippen LogP contribution in [-0.2, 0) is 0 Å². The van der Waals surface area contributed by atoms with Gasteiger partial charge in [-0.15, -0.1) is 0 Å². The van der Waals surface area contributed by atoms with Gasteiger partial charge in [-0.3, -0.25) is 0 Å². The molecule has 0 radical (unpaired) electrons. The number of aryl methyl sites for hydroxylation is 2. The van der Waals surface area contributed by atoms with Gasteiger partial charge in [-0.1, -0.05) is 133 Å². The van der Waals surface area contributed by atoms with Crippen LogP contribution < -0.4 is 0 Å². The van der Waals surface area contributed by atoms with Crippen molar-refractivity contribution in [3.05, 3.63) is 223 Å². The summed E-state index contributed by atoms with van der Waals surface area (Å²) in [7, 11) is 0. The molecule has 5 heteroatoms. The molecule has 4 aromatic heterocycles. The number of fused-ring (bicyclic) bond motifs is 9. The fourth-order valence-corrected chi connectivity index (χ4v) is 10.3. The van der Waals surface area contributed by atoms with Crippen LogP contribution >= 0.6 is 0 Å². The Morgan fingerprint density at radius 1 is 0.308 bits per heavy atom. The van der Waals surface area contributed by atoms with Crippen molar-refractivity contribution >= 4 is 65.4 Å². The fourth-order valence-electron chi connectivity index (χ4n) is 10.3. The maximum atomic E-state index is 5.23. The fraction of sp³-hybridized carbons (Fsp3) is 0.0333. The zero-order valence-electron chi connectivity index (χ0n) is 35.9. The first-order valence-corrected chi connectivity index (χ1v) is 22.2. The Morgan fingerprint density at radius 2 is 0.723 bits per heavy atom. The second-order valence-electron chi connectivity index (χ2n) is 17.1. The highest BCUT2D eigenvalue weighted by Crippen LogP contribution is 2.41. The SMILES string of the molecule is Cc1cc(-n2c3ccc(-n4c5ccccc5c5ccccc54)cc3c3cc(-n4c5ccccc5c5ccccc54)ccc32)c(C)cc1-c1cc(-c2ccccc2)nc(-c2ccccc2)n1. The van der Waals surface area contributed by atoms with E-state index in [4.69, 9.17) is 9.97 Å². The van der Waals surface area contributed by atoms with Gasteiger partial charge in [0.2, 0.25) is 0 Å². The Labute approximate surface area is 375 Å². The van der Waals surface area contributed by atoms with Crippen LogP contribution in [-0.4, -0.2) is 23.7 Å². The average Bonchev–Trinajstić information content (AvgIpc) is 4.00. The van der Waals surface area contributed by atoms with E-state index in [9.17, 15) is 0 Å². The van der Waals surface area contributed by atoms with Gasteiger partial charge in [0.25, 0.3) is 0 Å². The Bertz CT molecular complexity index is 3690. The van der Waals surface area contributed by atoms with Crippen molar-refractivity contribution in [3.8, 4) is 51.0 Å². The van der Waals surface area contributed by atoms with E-state index in [0.717, 1.165) is 67.3 Å². The van der Waals surface area contributed by atoms with E-state index in [1.807, 2.05) is 24.3 Å². The minimum atomic E-state index is 0.712. The van der Waals surface area contributed by atoms with E-state index in [1.54, 1.807) is 0 Å². The lowest BCUT2D eigenvalue weighted by molar-refractivity contribution is 1.13. The molecule has 0 spiro atoms. The van der Waals surface area contributed by atoms with Gasteiger partial charge in [0.1, 0.15) is 0 Å². The van der Waals surface area contributed by atoms with E-state index in [-0.39, 0.29) is 0 Å². The molecule has 13 rings (SSSR count). The Balaban J connectivity index is 1.05. The topological polar surface area (TPSA) is 40.6 Å². The van der Waals surface area contributed by atoms with Crippen LogP contribution in [0.2, 0.25) is 0 Å². The highest BCUT2D eigenvalue weighted by Gasteiger charge is 2.21. The average molecular weight is 832 g/mol. The minimum absolute atomic E-state index is 0.712. The molecule has 0 aliphatic carbocycles. The molecule has 0 atom stereocenters. The van der Waals surface area contributed by atoms with E-state index >= 15 is 0 Å². The molecule has 4 heterocycles. The lowest BCUT2D eigenvalue weighted by atomic mass is 9.99. The molecule has 9 aromatic carbocycles. The number of hydrogen-bond donors (Lipinski definition) is 0. The number of rotatable bonds is 6. The first-order chi connectivity index (χ1) is 32.1. The number of aromatic nitrogens is 5. The Kier molecular flexibility index (Phi) is 8.27. The van der Waals surface area contributed by atoms with Gasteiger partial charge in [-0.25, -0.2) is 9.97 Å². The quantitative estimate of drug-likeness (QED) is 0.167. The number of para-hydroxylation sites is 4. The highest BCUT2D eigenvalue weighted by molar-refractivity contribution is 6.14. The molecule has 0 bridgehead atoms. The van der Waals surface area contributed by atoms with Gasteiger partial charge < -0.3 is 13.7 Å². The molecule has 0 N–H and O–H groups in total. The summed E-state index contributed by atoms with van der Waals surface area (Å²) in [4.78, 5) is 10.3. The summed E-state index contributed by atoms with van der Waals surface area (Å²) in [6.45, 7) is 4.44. The van der Waals surface area contributed by atoms with Crippen molar-refractivity contribution in [1.29, 1.82) is 0 Å². The second kappa shape index (κ2) is 14.5. The molecule has 0 saturated carbocycles. The third-order valence-electron chi connectivity index (χ3n) is 13.3. The normalized spacial score (nSPS) is 11.8. The first-order valence-electron chi connectivity index (χ1n) is 22.2. The monoisotopic (exact) mass is 831 g/mol. The van der Waals surface area contributed by atoms with Gasteiger partial charge in [-0.2, -0.15) is 0 Å². The van der Waals surface area contributed by atoms with Crippen LogP contribution in [0, 0.1) is 13.8 Å². The molecular weight excluding hydrogens is 791 g/mol. The Hall–Kier alpha value is -8.54. The van der Waals surface area contributed by atoms with E-state index in [1.165, 1.54) is 54.4 Å². The molecule has 0 aliphatic rings. The number of nitrogens with zero attached hydrogens (tertiary/aromatic N) is 5. The van der Waals surface area contributed by atoms with Gasteiger partial charge >= 0.3 is 0 Å². The first kappa shape index (κ1) is 37.1. The zero-order chi connectivity index (χ0) is 43.2. The van der Waals surface area contributed by atoms with Crippen LogP contribution in [0.25, 0.3) is 116 Å². The molecule has 306 valence electrons. The second-order valence-corrected chi connectivity index (χ2v) is 17.1. The largest absolute Gasteiger partial charge is 0.309 e. The summed E-state index contributed by atoms with van der Waals surface area (Å²) in [5.74, 6) is 0.712. The van der Waals surface area contributed by atoms with Crippen molar-refractivity contribution in [2.75, 3.05) is 0 Å². The van der Waals surface area contributed by atoms with E-state index in [2.05, 4.69) is 216 Å². The van der Waals surface area contributed by atoms with Crippen LogP contribution in [0.5, 0.6) is 0 Å². The molecular formula is C60H41N5. The van der Waals surface area contributed by atoms with Crippen molar-refractivity contribution < 1.29 is 0 Å². The van der Waals surface area contributed by atoms with Crippen molar-refractivity contribution in [1.82, 2.24) is 23.7 Å². The minimum Gasteiger partial charge on any atom is -0.309 e. The number of hydrogen-bond acceptors (Lipinski definition) is 2. The predicted octanol–water partition coefficient (Wildman–Crippen LogP) is 15.4. The zero-order valence-corrected chi connectivity index (χ0v) is 35.9. The van der Waals surface area contributed by atoms with Gasteiger partial charge in [-0.05, 0) is 104 Å². The van der Waals surface area contributed by atoms with Crippen LogP contribution in [0.1, 0.15) is 11.1 Å². The van der Waals surface area contributed by atoms with Crippen LogP contribution in [0.4, 0.5) is 0 Å². The maximum Gasteiger partial charge on any atom is 0.160 e. The highest BCUT2D eigenvalue weighted by atomic mass is 15.0.